The molecule has 0 saturated carbocycles. The number of carbonyl (C=O) groups is 1. The molecule has 2 unspecified atom stereocenters. The standard InChI is InChI=1S/C20H27NO3S/c22-20(21-9-12-25-14-21)15-7-8-16(18-5-1-3-10-23-18)17(13-15)19-6-2-4-11-24-19/h7-8,13,18-19H,1-6,9-12,14H2. The number of thioether (sulfide) groups is 1. The first-order chi connectivity index (χ1) is 12.3. The molecule has 4 nitrogen and oxygen atoms in total. The molecule has 1 aromatic carbocycles. The Morgan fingerprint density at radius 1 is 1.00 bits per heavy atom. The summed E-state index contributed by atoms with van der Waals surface area (Å²) in [6.07, 6.45) is 7.05. The zero-order valence-corrected chi connectivity index (χ0v) is 15.6. The maximum atomic E-state index is 12.8. The zero-order valence-electron chi connectivity index (χ0n) is 14.7. The summed E-state index contributed by atoms with van der Waals surface area (Å²) >= 11 is 1.82. The summed E-state index contributed by atoms with van der Waals surface area (Å²) in [5.74, 6) is 2.00. The number of amides is 1. The van der Waals surface area contributed by atoms with Gasteiger partial charge in [-0.05, 0) is 61.8 Å². The first-order valence-corrected chi connectivity index (χ1v) is 10.7. The van der Waals surface area contributed by atoms with Crippen LogP contribution >= 0.6 is 11.8 Å². The van der Waals surface area contributed by atoms with Crippen LogP contribution in [0.15, 0.2) is 18.2 Å². The van der Waals surface area contributed by atoms with Crippen LogP contribution in [0.1, 0.15) is 72.2 Å². The van der Waals surface area contributed by atoms with Crippen LogP contribution in [0.25, 0.3) is 0 Å². The Balaban J connectivity index is 1.64. The first kappa shape index (κ1) is 17.4. The lowest BCUT2D eigenvalue weighted by Gasteiger charge is -2.30. The van der Waals surface area contributed by atoms with Crippen molar-refractivity contribution in [3.05, 3.63) is 34.9 Å². The minimum Gasteiger partial charge on any atom is -0.374 e. The van der Waals surface area contributed by atoms with Gasteiger partial charge < -0.3 is 14.4 Å². The third kappa shape index (κ3) is 3.88. The van der Waals surface area contributed by atoms with Crippen LogP contribution in [0.2, 0.25) is 0 Å². The Bertz CT molecular complexity index is 603. The number of rotatable bonds is 3. The van der Waals surface area contributed by atoms with E-state index in [1.54, 1.807) is 0 Å². The molecule has 0 aromatic heterocycles. The highest BCUT2D eigenvalue weighted by molar-refractivity contribution is 7.99. The second-order valence-electron chi connectivity index (χ2n) is 7.16. The van der Waals surface area contributed by atoms with E-state index in [4.69, 9.17) is 9.47 Å². The predicted octanol–water partition coefficient (Wildman–Crippen LogP) is 4.32. The molecule has 2 atom stereocenters. The lowest BCUT2D eigenvalue weighted by atomic mass is 9.89. The Labute approximate surface area is 154 Å². The number of benzene rings is 1. The second kappa shape index (κ2) is 8.11. The van der Waals surface area contributed by atoms with Gasteiger partial charge in [-0.2, -0.15) is 0 Å². The molecule has 5 heteroatoms. The maximum absolute atomic E-state index is 12.8. The summed E-state index contributed by atoms with van der Waals surface area (Å²) in [6, 6.07) is 6.21. The average Bonchev–Trinajstić information content (AvgIpc) is 3.23. The van der Waals surface area contributed by atoms with Gasteiger partial charge in [0.25, 0.3) is 5.91 Å². The van der Waals surface area contributed by atoms with E-state index in [0.29, 0.717) is 0 Å². The number of carbonyl (C=O) groups excluding carboxylic acids is 1. The highest BCUT2D eigenvalue weighted by atomic mass is 32.2. The monoisotopic (exact) mass is 361 g/mol. The van der Waals surface area contributed by atoms with Crippen LogP contribution in [-0.2, 0) is 9.47 Å². The summed E-state index contributed by atoms with van der Waals surface area (Å²) in [5, 5.41) is 0. The molecule has 136 valence electrons. The molecule has 0 N–H and O–H groups in total. The third-order valence-corrected chi connectivity index (χ3v) is 6.39. The van der Waals surface area contributed by atoms with E-state index in [-0.39, 0.29) is 18.1 Å². The highest BCUT2D eigenvalue weighted by Gasteiger charge is 2.27. The fourth-order valence-electron chi connectivity index (χ4n) is 4.01. The highest BCUT2D eigenvalue weighted by Crippen LogP contribution is 2.37. The number of ether oxygens (including phenoxy) is 2. The molecule has 3 aliphatic rings. The molecule has 0 spiro atoms. The minimum absolute atomic E-state index is 0.106. The largest absolute Gasteiger partial charge is 0.374 e. The number of hydrogen-bond acceptors (Lipinski definition) is 4. The van der Waals surface area contributed by atoms with Crippen molar-refractivity contribution in [2.24, 2.45) is 0 Å². The molecule has 1 amide bonds. The van der Waals surface area contributed by atoms with Crippen LogP contribution in [-0.4, -0.2) is 42.2 Å². The van der Waals surface area contributed by atoms with Crippen molar-refractivity contribution in [3.8, 4) is 0 Å². The molecule has 25 heavy (non-hydrogen) atoms. The normalized spacial score (nSPS) is 27.4. The van der Waals surface area contributed by atoms with Crippen LogP contribution in [0, 0.1) is 0 Å². The molecular formula is C20H27NO3S. The summed E-state index contributed by atoms with van der Waals surface area (Å²) in [5.41, 5.74) is 3.22. The van der Waals surface area contributed by atoms with E-state index in [1.807, 2.05) is 22.7 Å². The molecule has 4 rings (SSSR count). The smallest absolute Gasteiger partial charge is 0.254 e. The molecule has 0 bridgehead atoms. The van der Waals surface area contributed by atoms with E-state index >= 15 is 0 Å². The Morgan fingerprint density at radius 3 is 2.32 bits per heavy atom. The van der Waals surface area contributed by atoms with Gasteiger partial charge in [0.15, 0.2) is 0 Å². The van der Waals surface area contributed by atoms with Gasteiger partial charge in [0.2, 0.25) is 0 Å². The summed E-state index contributed by atoms with van der Waals surface area (Å²) in [6.45, 7) is 2.50. The molecule has 3 saturated heterocycles. The van der Waals surface area contributed by atoms with Crippen molar-refractivity contribution in [2.75, 3.05) is 31.4 Å². The maximum Gasteiger partial charge on any atom is 0.254 e. The third-order valence-electron chi connectivity index (χ3n) is 5.43. The van der Waals surface area contributed by atoms with Crippen LogP contribution in [0.4, 0.5) is 0 Å². The average molecular weight is 362 g/mol. The van der Waals surface area contributed by atoms with Crippen LogP contribution in [0.5, 0.6) is 0 Å². The van der Waals surface area contributed by atoms with Gasteiger partial charge in [0.1, 0.15) is 0 Å². The van der Waals surface area contributed by atoms with Crippen molar-refractivity contribution in [2.45, 2.75) is 50.7 Å². The molecular weight excluding hydrogens is 334 g/mol. The van der Waals surface area contributed by atoms with E-state index in [1.165, 1.54) is 24.0 Å². The van der Waals surface area contributed by atoms with Gasteiger partial charge in [-0.25, -0.2) is 0 Å². The Hall–Kier alpha value is -1.04. The van der Waals surface area contributed by atoms with Gasteiger partial charge in [-0.3, -0.25) is 4.79 Å². The first-order valence-electron chi connectivity index (χ1n) is 9.57. The molecule has 1 aromatic rings. The lowest BCUT2D eigenvalue weighted by Crippen LogP contribution is -2.28. The van der Waals surface area contributed by atoms with Gasteiger partial charge in [0, 0.05) is 31.1 Å². The van der Waals surface area contributed by atoms with E-state index < -0.39 is 0 Å². The van der Waals surface area contributed by atoms with Crippen LogP contribution < -0.4 is 0 Å². The molecule has 3 aliphatic heterocycles. The van der Waals surface area contributed by atoms with E-state index in [9.17, 15) is 4.79 Å². The van der Waals surface area contributed by atoms with E-state index in [0.717, 1.165) is 62.6 Å². The van der Waals surface area contributed by atoms with Crippen molar-refractivity contribution in [1.82, 2.24) is 4.90 Å². The Morgan fingerprint density at radius 2 is 1.72 bits per heavy atom. The predicted molar refractivity (Wildman–Crippen MR) is 99.9 cm³/mol. The van der Waals surface area contributed by atoms with Crippen LogP contribution in [0.3, 0.4) is 0 Å². The fraction of sp³-hybridized carbons (Fsp3) is 0.650. The number of nitrogens with zero attached hydrogens (tertiary/aromatic N) is 1. The van der Waals surface area contributed by atoms with Crippen molar-refractivity contribution < 1.29 is 14.3 Å². The van der Waals surface area contributed by atoms with Crippen molar-refractivity contribution >= 4 is 17.7 Å². The van der Waals surface area contributed by atoms with E-state index in [2.05, 4.69) is 12.1 Å². The topological polar surface area (TPSA) is 38.8 Å². The van der Waals surface area contributed by atoms with Crippen molar-refractivity contribution in [1.29, 1.82) is 0 Å². The van der Waals surface area contributed by atoms with Gasteiger partial charge >= 0.3 is 0 Å². The molecule has 0 aliphatic carbocycles. The summed E-state index contributed by atoms with van der Waals surface area (Å²) in [4.78, 5) is 14.8. The quantitative estimate of drug-likeness (QED) is 0.804. The van der Waals surface area contributed by atoms with Gasteiger partial charge in [-0.1, -0.05) is 6.07 Å². The molecule has 3 fully saturated rings. The van der Waals surface area contributed by atoms with Crippen molar-refractivity contribution in [3.63, 3.8) is 0 Å². The summed E-state index contributed by atoms with van der Waals surface area (Å²) < 4.78 is 12.1. The second-order valence-corrected chi connectivity index (χ2v) is 8.23. The zero-order chi connectivity index (χ0) is 17.1. The minimum atomic E-state index is 0.106. The summed E-state index contributed by atoms with van der Waals surface area (Å²) in [7, 11) is 0. The Kier molecular flexibility index (Phi) is 5.63. The van der Waals surface area contributed by atoms with Gasteiger partial charge in [0.05, 0.1) is 18.1 Å². The lowest BCUT2D eigenvalue weighted by molar-refractivity contribution is -0.000580. The SMILES string of the molecule is O=C(c1ccc(C2CCCCO2)c(C2CCCCO2)c1)N1CCSC1. The molecule has 3 heterocycles. The molecule has 0 radical (unpaired) electrons. The number of hydrogen-bond donors (Lipinski definition) is 0. The van der Waals surface area contributed by atoms with Gasteiger partial charge in [-0.15, -0.1) is 11.8 Å². The fourth-order valence-corrected chi connectivity index (χ4v) is 4.95.